The molecular weight excluding hydrogens is 404 g/mol. The molecule has 4 aromatic rings. The molecule has 1 N–H and O–H groups in total. The number of fused-ring (bicyclic) bond motifs is 1. The number of hydrogen-bond donors (Lipinski definition) is 1. The molecule has 0 aliphatic carbocycles. The van der Waals surface area contributed by atoms with Gasteiger partial charge >= 0.3 is 0 Å². The van der Waals surface area contributed by atoms with E-state index in [4.69, 9.17) is 9.47 Å². The van der Waals surface area contributed by atoms with Gasteiger partial charge in [0.25, 0.3) is 5.91 Å². The van der Waals surface area contributed by atoms with E-state index in [1.54, 1.807) is 4.80 Å². The molecular formula is C25H26N4O3. The van der Waals surface area contributed by atoms with Crippen molar-refractivity contribution in [2.45, 2.75) is 27.7 Å². The largest absolute Gasteiger partial charge is 0.494 e. The van der Waals surface area contributed by atoms with E-state index in [-0.39, 0.29) is 12.5 Å². The lowest BCUT2D eigenvalue weighted by molar-refractivity contribution is -0.118. The number of carbonyl (C=O) groups is 1. The highest BCUT2D eigenvalue weighted by molar-refractivity contribution is 5.95. The summed E-state index contributed by atoms with van der Waals surface area (Å²) in [5.74, 6) is 1.28. The van der Waals surface area contributed by atoms with Gasteiger partial charge in [0.1, 0.15) is 22.5 Å². The normalized spacial score (nSPS) is 10.9. The Hall–Kier alpha value is -3.87. The first kappa shape index (κ1) is 21.4. The number of anilines is 1. The molecule has 0 saturated heterocycles. The highest BCUT2D eigenvalue weighted by Gasteiger charge is 2.12. The lowest BCUT2D eigenvalue weighted by atomic mass is 10.1. The molecule has 32 heavy (non-hydrogen) atoms. The number of aryl methyl sites for hydroxylation is 3. The fourth-order valence-electron chi connectivity index (χ4n) is 3.45. The van der Waals surface area contributed by atoms with E-state index < -0.39 is 0 Å². The molecule has 7 nitrogen and oxygen atoms in total. The predicted molar refractivity (Wildman–Crippen MR) is 125 cm³/mol. The number of benzene rings is 3. The minimum atomic E-state index is -0.230. The Morgan fingerprint density at radius 3 is 2.31 bits per heavy atom. The summed E-state index contributed by atoms with van der Waals surface area (Å²) in [6.07, 6.45) is 0. The molecule has 0 radical (unpaired) electrons. The molecule has 0 saturated carbocycles. The number of aromatic nitrogens is 3. The van der Waals surface area contributed by atoms with Crippen molar-refractivity contribution in [3.63, 3.8) is 0 Å². The summed E-state index contributed by atoms with van der Waals surface area (Å²) < 4.78 is 11.2. The summed E-state index contributed by atoms with van der Waals surface area (Å²) in [5, 5.41) is 12.0. The number of hydrogen-bond acceptors (Lipinski definition) is 5. The molecule has 3 aromatic carbocycles. The fourth-order valence-corrected chi connectivity index (χ4v) is 3.45. The van der Waals surface area contributed by atoms with Crippen molar-refractivity contribution in [1.82, 2.24) is 15.0 Å². The van der Waals surface area contributed by atoms with Crippen molar-refractivity contribution in [2.75, 3.05) is 18.5 Å². The Balaban J connectivity index is 1.48. The van der Waals surface area contributed by atoms with Gasteiger partial charge < -0.3 is 14.8 Å². The van der Waals surface area contributed by atoms with Gasteiger partial charge in [-0.2, -0.15) is 4.80 Å². The number of ether oxygens (including phenoxy) is 2. The predicted octanol–water partition coefficient (Wildman–Crippen LogP) is 4.76. The minimum absolute atomic E-state index is 0.0692. The molecule has 0 aliphatic heterocycles. The van der Waals surface area contributed by atoms with Gasteiger partial charge in [0, 0.05) is 5.69 Å². The standard InChI is InChI=1S/C25H26N4O3/c1-5-31-20-9-7-19(8-10-20)29-27-22-13-17(3)21(14-23(22)28-29)26-25(30)15-32-24-11-6-16(2)12-18(24)4/h6-14H,5,15H2,1-4H3,(H,26,30). The van der Waals surface area contributed by atoms with Crippen molar-refractivity contribution in [3.05, 3.63) is 71.3 Å². The van der Waals surface area contributed by atoms with Crippen molar-refractivity contribution in [3.8, 4) is 17.2 Å². The van der Waals surface area contributed by atoms with Crippen LogP contribution in [0.3, 0.4) is 0 Å². The van der Waals surface area contributed by atoms with Gasteiger partial charge in [-0.15, -0.1) is 10.2 Å². The summed E-state index contributed by atoms with van der Waals surface area (Å²) in [6.45, 7) is 8.41. The van der Waals surface area contributed by atoms with Gasteiger partial charge in [-0.25, -0.2) is 0 Å². The molecule has 1 amide bonds. The van der Waals surface area contributed by atoms with E-state index >= 15 is 0 Å². The minimum Gasteiger partial charge on any atom is -0.494 e. The molecule has 0 spiro atoms. The summed E-state index contributed by atoms with van der Waals surface area (Å²) in [6, 6.07) is 17.2. The molecule has 1 aromatic heterocycles. The summed E-state index contributed by atoms with van der Waals surface area (Å²) in [5.41, 5.74) is 6.01. The molecule has 0 atom stereocenters. The maximum atomic E-state index is 12.5. The highest BCUT2D eigenvalue weighted by Crippen LogP contribution is 2.23. The van der Waals surface area contributed by atoms with Crippen molar-refractivity contribution < 1.29 is 14.3 Å². The van der Waals surface area contributed by atoms with Crippen LogP contribution in [0.4, 0.5) is 5.69 Å². The molecule has 0 aliphatic rings. The third-order valence-electron chi connectivity index (χ3n) is 5.07. The molecule has 0 unspecified atom stereocenters. The van der Waals surface area contributed by atoms with Gasteiger partial charge in [0.15, 0.2) is 6.61 Å². The second kappa shape index (κ2) is 9.09. The van der Waals surface area contributed by atoms with Gasteiger partial charge in [-0.1, -0.05) is 17.7 Å². The van der Waals surface area contributed by atoms with Gasteiger partial charge in [-0.3, -0.25) is 4.79 Å². The maximum Gasteiger partial charge on any atom is 0.262 e. The smallest absolute Gasteiger partial charge is 0.262 e. The highest BCUT2D eigenvalue weighted by atomic mass is 16.5. The summed E-state index contributed by atoms with van der Waals surface area (Å²) >= 11 is 0. The number of amides is 1. The van der Waals surface area contributed by atoms with Crippen LogP contribution in [0, 0.1) is 20.8 Å². The topological polar surface area (TPSA) is 78.3 Å². The second-order valence-corrected chi connectivity index (χ2v) is 7.68. The van der Waals surface area contributed by atoms with Gasteiger partial charge in [0.2, 0.25) is 0 Å². The van der Waals surface area contributed by atoms with Crippen molar-refractivity contribution in [1.29, 1.82) is 0 Å². The molecule has 7 heteroatoms. The fraction of sp³-hybridized carbons (Fsp3) is 0.240. The number of nitrogens with one attached hydrogen (secondary N) is 1. The molecule has 0 bridgehead atoms. The van der Waals surface area contributed by atoms with Gasteiger partial charge in [-0.05, 0) is 81.3 Å². The van der Waals surface area contributed by atoms with E-state index in [1.807, 2.05) is 82.3 Å². The van der Waals surface area contributed by atoms with Crippen LogP contribution in [0.25, 0.3) is 16.7 Å². The van der Waals surface area contributed by atoms with Crippen LogP contribution in [-0.4, -0.2) is 34.1 Å². The number of rotatable bonds is 7. The first-order valence-electron chi connectivity index (χ1n) is 10.5. The summed E-state index contributed by atoms with van der Waals surface area (Å²) in [7, 11) is 0. The van der Waals surface area contributed by atoms with E-state index in [9.17, 15) is 4.79 Å². The first-order valence-corrected chi connectivity index (χ1v) is 10.5. The SMILES string of the molecule is CCOc1ccc(-n2nc3cc(C)c(NC(=O)COc4ccc(C)cc4C)cc3n2)cc1. The van der Waals surface area contributed by atoms with Crippen LogP contribution in [0.1, 0.15) is 23.6 Å². The van der Waals surface area contributed by atoms with E-state index in [0.29, 0.717) is 23.6 Å². The zero-order valence-corrected chi connectivity index (χ0v) is 18.7. The third kappa shape index (κ3) is 4.72. The van der Waals surface area contributed by atoms with E-state index in [0.717, 1.165) is 33.6 Å². The monoisotopic (exact) mass is 430 g/mol. The lowest BCUT2D eigenvalue weighted by Crippen LogP contribution is -2.20. The zero-order valence-electron chi connectivity index (χ0n) is 18.7. The average molecular weight is 431 g/mol. The van der Waals surface area contributed by atoms with Crippen molar-refractivity contribution in [2.24, 2.45) is 0 Å². The Morgan fingerprint density at radius 2 is 1.62 bits per heavy atom. The Bertz CT molecular complexity index is 1260. The second-order valence-electron chi connectivity index (χ2n) is 7.68. The lowest BCUT2D eigenvalue weighted by Gasteiger charge is -2.11. The van der Waals surface area contributed by atoms with Crippen LogP contribution in [0.15, 0.2) is 54.6 Å². The van der Waals surface area contributed by atoms with E-state index in [1.165, 1.54) is 0 Å². The number of carbonyl (C=O) groups excluding carboxylic acids is 1. The third-order valence-corrected chi connectivity index (χ3v) is 5.07. The summed E-state index contributed by atoms with van der Waals surface area (Å²) in [4.78, 5) is 14.1. The van der Waals surface area contributed by atoms with Gasteiger partial charge in [0.05, 0.1) is 12.3 Å². The van der Waals surface area contributed by atoms with Crippen LogP contribution in [0.2, 0.25) is 0 Å². The zero-order chi connectivity index (χ0) is 22.7. The molecule has 164 valence electrons. The van der Waals surface area contributed by atoms with Crippen LogP contribution in [-0.2, 0) is 4.79 Å². The Labute approximate surface area is 187 Å². The Morgan fingerprint density at radius 1 is 0.906 bits per heavy atom. The quantitative estimate of drug-likeness (QED) is 0.457. The molecule has 4 rings (SSSR count). The maximum absolute atomic E-state index is 12.5. The molecule has 1 heterocycles. The van der Waals surface area contributed by atoms with E-state index in [2.05, 4.69) is 15.5 Å². The van der Waals surface area contributed by atoms with Crippen molar-refractivity contribution >= 4 is 22.6 Å². The van der Waals surface area contributed by atoms with Crippen LogP contribution < -0.4 is 14.8 Å². The molecule has 0 fully saturated rings. The average Bonchev–Trinajstić information content (AvgIpc) is 3.17. The Kier molecular flexibility index (Phi) is 6.07. The van der Waals surface area contributed by atoms with Crippen LogP contribution in [0.5, 0.6) is 11.5 Å². The van der Waals surface area contributed by atoms with Crippen LogP contribution >= 0.6 is 0 Å². The first-order chi connectivity index (χ1) is 15.4. The number of nitrogens with zero attached hydrogens (tertiary/aromatic N) is 3.